The zero-order valence-electron chi connectivity index (χ0n) is 12.1. The second-order valence-corrected chi connectivity index (χ2v) is 5.38. The monoisotopic (exact) mass is 302 g/mol. The molecule has 0 saturated carbocycles. The molecule has 116 valence electrons. The molecule has 0 radical (unpaired) electrons. The Morgan fingerprint density at radius 3 is 2.82 bits per heavy atom. The van der Waals surface area contributed by atoms with Crippen LogP contribution in [0, 0.1) is 0 Å². The number of aliphatic hydroxyl groups excluding tert-OH is 1. The van der Waals surface area contributed by atoms with Crippen LogP contribution in [0.15, 0.2) is 30.7 Å². The van der Waals surface area contributed by atoms with Gasteiger partial charge in [-0.3, -0.25) is 0 Å². The molecule has 0 bridgehead atoms. The molecule has 3 rings (SSSR count). The fourth-order valence-electron chi connectivity index (χ4n) is 2.74. The number of aromatic nitrogens is 2. The van der Waals surface area contributed by atoms with Crippen LogP contribution >= 0.6 is 0 Å². The first-order valence-electron chi connectivity index (χ1n) is 7.27. The molecule has 1 aliphatic rings. The number of rotatable bonds is 4. The molecule has 2 aromatic rings. The Labute approximate surface area is 128 Å². The first-order chi connectivity index (χ1) is 10.7. The third-order valence-electron chi connectivity index (χ3n) is 4.02. The zero-order valence-corrected chi connectivity index (χ0v) is 12.1. The summed E-state index contributed by atoms with van der Waals surface area (Å²) in [4.78, 5) is 15.5. The molecular weight excluding hydrogens is 284 g/mol. The number of aromatic carboxylic acids is 1. The van der Waals surface area contributed by atoms with Gasteiger partial charge in [-0.25, -0.2) is 9.78 Å². The van der Waals surface area contributed by atoms with Crippen LogP contribution in [0.25, 0.3) is 11.3 Å². The molecule has 22 heavy (non-hydrogen) atoms. The minimum atomic E-state index is -0.991. The minimum absolute atomic E-state index is 0.153. The summed E-state index contributed by atoms with van der Waals surface area (Å²) in [5, 5.41) is 18.6. The lowest BCUT2D eigenvalue weighted by molar-refractivity contribution is 0.0692. The van der Waals surface area contributed by atoms with Crippen LogP contribution in [0.1, 0.15) is 34.8 Å². The maximum atomic E-state index is 11.1. The Morgan fingerprint density at radius 1 is 1.36 bits per heavy atom. The van der Waals surface area contributed by atoms with Crippen molar-refractivity contribution in [2.45, 2.75) is 25.5 Å². The van der Waals surface area contributed by atoms with Crippen LogP contribution in [0.2, 0.25) is 0 Å². The Morgan fingerprint density at radius 2 is 2.14 bits per heavy atom. The molecule has 6 heteroatoms. The van der Waals surface area contributed by atoms with Gasteiger partial charge >= 0.3 is 5.97 Å². The normalized spacial score (nSPS) is 15.9. The van der Waals surface area contributed by atoms with Gasteiger partial charge in [0.15, 0.2) is 0 Å². The van der Waals surface area contributed by atoms with Crippen LogP contribution in [0.5, 0.6) is 0 Å². The molecule has 2 N–H and O–H groups in total. The summed E-state index contributed by atoms with van der Waals surface area (Å²) >= 11 is 0. The predicted molar refractivity (Wildman–Crippen MR) is 79.6 cm³/mol. The van der Waals surface area contributed by atoms with E-state index in [0.29, 0.717) is 22.9 Å². The Bertz CT molecular complexity index is 675. The summed E-state index contributed by atoms with van der Waals surface area (Å²) in [5.74, 6) is -0.991. The fourth-order valence-corrected chi connectivity index (χ4v) is 2.74. The van der Waals surface area contributed by atoms with Crippen molar-refractivity contribution in [1.29, 1.82) is 0 Å². The molecule has 0 atom stereocenters. The average molecular weight is 302 g/mol. The standard InChI is InChI=1S/C16H18N2O4/c19-9-12-2-1-11(16(20)21)7-14(12)15-8-18(10-17-15)13-3-5-22-6-4-13/h1-2,7-8,10,13,19H,3-6,9H2,(H,20,21). The van der Waals surface area contributed by atoms with Crippen LogP contribution in [0.4, 0.5) is 0 Å². The van der Waals surface area contributed by atoms with Crippen molar-refractivity contribution in [1.82, 2.24) is 9.55 Å². The van der Waals surface area contributed by atoms with E-state index in [1.807, 2.05) is 10.8 Å². The van der Waals surface area contributed by atoms with Crippen LogP contribution in [-0.4, -0.2) is 38.9 Å². The largest absolute Gasteiger partial charge is 0.478 e. The number of aliphatic hydroxyl groups is 1. The highest BCUT2D eigenvalue weighted by Gasteiger charge is 2.17. The van der Waals surface area contributed by atoms with Gasteiger partial charge in [0.05, 0.1) is 24.2 Å². The second-order valence-electron chi connectivity index (χ2n) is 5.38. The highest BCUT2D eigenvalue weighted by Crippen LogP contribution is 2.27. The highest BCUT2D eigenvalue weighted by atomic mass is 16.5. The fraction of sp³-hybridized carbons (Fsp3) is 0.375. The van der Waals surface area contributed by atoms with Crippen molar-refractivity contribution >= 4 is 5.97 Å². The van der Waals surface area contributed by atoms with Crippen molar-refractivity contribution in [3.63, 3.8) is 0 Å². The van der Waals surface area contributed by atoms with Crippen molar-refractivity contribution in [3.05, 3.63) is 41.9 Å². The molecule has 0 unspecified atom stereocenters. The van der Waals surface area contributed by atoms with E-state index < -0.39 is 5.97 Å². The lowest BCUT2D eigenvalue weighted by atomic mass is 10.0. The summed E-state index contributed by atoms with van der Waals surface area (Å²) in [7, 11) is 0. The second kappa shape index (κ2) is 6.29. The van der Waals surface area contributed by atoms with Crippen molar-refractivity contribution in [2.75, 3.05) is 13.2 Å². The Hall–Kier alpha value is -2.18. The highest BCUT2D eigenvalue weighted by molar-refractivity contribution is 5.89. The van der Waals surface area contributed by atoms with Gasteiger partial charge in [-0.2, -0.15) is 0 Å². The minimum Gasteiger partial charge on any atom is -0.478 e. The molecule has 6 nitrogen and oxygen atoms in total. The van der Waals surface area contributed by atoms with E-state index in [9.17, 15) is 9.90 Å². The number of nitrogens with zero attached hydrogens (tertiary/aromatic N) is 2. The first kappa shape index (κ1) is 14.7. The number of benzene rings is 1. The lowest BCUT2D eigenvalue weighted by Crippen LogP contribution is -2.18. The van der Waals surface area contributed by atoms with Gasteiger partial charge in [-0.15, -0.1) is 0 Å². The van der Waals surface area contributed by atoms with Gasteiger partial charge in [0.1, 0.15) is 0 Å². The van der Waals surface area contributed by atoms with E-state index in [0.717, 1.165) is 26.1 Å². The topological polar surface area (TPSA) is 84.6 Å². The number of carboxylic acids is 1. The lowest BCUT2D eigenvalue weighted by Gasteiger charge is -2.22. The van der Waals surface area contributed by atoms with Crippen LogP contribution in [0.3, 0.4) is 0 Å². The van der Waals surface area contributed by atoms with Crippen molar-refractivity contribution < 1.29 is 19.7 Å². The van der Waals surface area contributed by atoms with Gasteiger partial charge in [-0.05, 0) is 30.5 Å². The maximum absolute atomic E-state index is 11.1. The quantitative estimate of drug-likeness (QED) is 0.903. The van der Waals surface area contributed by atoms with E-state index in [1.165, 1.54) is 6.07 Å². The van der Waals surface area contributed by atoms with Crippen LogP contribution in [-0.2, 0) is 11.3 Å². The van der Waals surface area contributed by atoms with E-state index in [-0.39, 0.29) is 12.2 Å². The molecular formula is C16H18N2O4. The summed E-state index contributed by atoms with van der Waals surface area (Å²) in [5.41, 5.74) is 2.20. The molecule has 2 heterocycles. The van der Waals surface area contributed by atoms with Gasteiger partial charge in [-0.1, -0.05) is 6.07 Å². The molecule has 0 amide bonds. The Balaban J connectivity index is 1.94. The van der Waals surface area contributed by atoms with E-state index in [2.05, 4.69) is 4.98 Å². The molecule has 1 fully saturated rings. The van der Waals surface area contributed by atoms with Crippen molar-refractivity contribution in [3.8, 4) is 11.3 Å². The summed E-state index contributed by atoms with van der Waals surface area (Å²) in [6, 6.07) is 5.04. The van der Waals surface area contributed by atoms with Gasteiger partial charge in [0.25, 0.3) is 0 Å². The number of hydrogen-bond donors (Lipinski definition) is 2. The number of imidazole rings is 1. The van der Waals surface area contributed by atoms with Crippen molar-refractivity contribution in [2.24, 2.45) is 0 Å². The van der Waals surface area contributed by atoms with Gasteiger partial charge in [0, 0.05) is 31.0 Å². The molecule has 1 aliphatic heterocycles. The average Bonchev–Trinajstić information content (AvgIpc) is 3.05. The summed E-state index contributed by atoms with van der Waals surface area (Å²) < 4.78 is 7.41. The predicted octanol–water partition coefficient (Wildman–Crippen LogP) is 2.09. The first-order valence-corrected chi connectivity index (χ1v) is 7.27. The molecule has 1 aromatic heterocycles. The number of hydrogen-bond acceptors (Lipinski definition) is 4. The van der Waals surface area contributed by atoms with Crippen LogP contribution < -0.4 is 0 Å². The third kappa shape index (κ3) is 2.88. The Kier molecular flexibility index (Phi) is 4.22. The molecule has 0 spiro atoms. The number of carboxylic acid groups (broad SMARTS) is 1. The summed E-state index contributed by atoms with van der Waals surface area (Å²) in [6.45, 7) is 1.34. The molecule has 1 saturated heterocycles. The van der Waals surface area contributed by atoms with E-state index in [1.54, 1.807) is 18.5 Å². The maximum Gasteiger partial charge on any atom is 0.335 e. The number of carbonyl (C=O) groups is 1. The molecule has 0 aliphatic carbocycles. The van der Waals surface area contributed by atoms with E-state index in [4.69, 9.17) is 9.84 Å². The SMILES string of the molecule is O=C(O)c1ccc(CO)c(-c2cn(C3CCOCC3)cn2)c1. The summed E-state index contributed by atoms with van der Waals surface area (Å²) in [6.07, 6.45) is 5.56. The smallest absolute Gasteiger partial charge is 0.335 e. The molecule has 1 aromatic carbocycles. The van der Waals surface area contributed by atoms with Gasteiger partial charge in [0.2, 0.25) is 0 Å². The van der Waals surface area contributed by atoms with Gasteiger partial charge < -0.3 is 19.5 Å². The van der Waals surface area contributed by atoms with E-state index >= 15 is 0 Å². The zero-order chi connectivity index (χ0) is 15.5. The number of ether oxygens (including phenoxy) is 1. The third-order valence-corrected chi connectivity index (χ3v) is 4.02.